The van der Waals surface area contributed by atoms with Crippen molar-refractivity contribution in [1.82, 2.24) is 10.2 Å². The second kappa shape index (κ2) is 7.80. The number of hydrogen-bond acceptors (Lipinski definition) is 4. The molecular formula is C23H25N3O3S. The fourth-order valence-corrected chi connectivity index (χ4v) is 4.58. The van der Waals surface area contributed by atoms with Crippen molar-refractivity contribution >= 4 is 35.3 Å². The van der Waals surface area contributed by atoms with Gasteiger partial charge in [-0.3, -0.25) is 14.5 Å². The quantitative estimate of drug-likeness (QED) is 0.686. The van der Waals surface area contributed by atoms with E-state index in [1.54, 1.807) is 18.7 Å². The van der Waals surface area contributed by atoms with E-state index in [1.807, 2.05) is 24.3 Å². The molecule has 0 unspecified atom stereocenters. The minimum Gasteiger partial charge on any atom is -0.325 e. The fourth-order valence-electron chi connectivity index (χ4n) is 3.66. The first kappa shape index (κ1) is 20.5. The van der Waals surface area contributed by atoms with E-state index in [4.69, 9.17) is 0 Å². The molecule has 4 amide bonds. The van der Waals surface area contributed by atoms with Crippen molar-refractivity contribution in [2.75, 3.05) is 11.9 Å². The summed E-state index contributed by atoms with van der Waals surface area (Å²) in [5.74, 6) is -0.539. The third-order valence-corrected chi connectivity index (χ3v) is 6.85. The molecule has 1 heterocycles. The van der Waals surface area contributed by atoms with Crippen molar-refractivity contribution in [2.24, 2.45) is 5.92 Å². The summed E-state index contributed by atoms with van der Waals surface area (Å²) in [5, 5.41) is 5.52. The zero-order valence-electron chi connectivity index (χ0n) is 17.3. The number of carbonyl (C=O) groups excluding carboxylic acids is 3. The van der Waals surface area contributed by atoms with Gasteiger partial charge in [-0.15, -0.1) is 0 Å². The lowest BCUT2D eigenvalue weighted by Gasteiger charge is -2.20. The Morgan fingerprint density at radius 2 is 1.77 bits per heavy atom. The van der Waals surface area contributed by atoms with Crippen LogP contribution in [0.2, 0.25) is 0 Å². The number of nitrogens with one attached hydrogen (secondary N) is 2. The lowest BCUT2D eigenvalue weighted by atomic mass is 9.96. The number of benzene rings is 2. The molecule has 2 fully saturated rings. The van der Waals surface area contributed by atoms with Gasteiger partial charge in [-0.2, -0.15) is 0 Å². The van der Waals surface area contributed by atoms with E-state index in [-0.39, 0.29) is 18.4 Å². The molecule has 7 heteroatoms. The molecule has 0 bridgehead atoms. The molecule has 2 N–H and O–H groups in total. The van der Waals surface area contributed by atoms with E-state index in [0.29, 0.717) is 5.69 Å². The first-order chi connectivity index (χ1) is 14.3. The van der Waals surface area contributed by atoms with E-state index < -0.39 is 17.5 Å². The Labute approximate surface area is 180 Å². The summed E-state index contributed by atoms with van der Waals surface area (Å²) >= 11 is 1.65. The molecule has 2 aromatic carbocycles. The van der Waals surface area contributed by atoms with E-state index in [2.05, 4.69) is 42.7 Å². The summed E-state index contributed by atoms with van der Waals surface area (Å²) in [6.07, 6.45) is 1.85. The molecule has 30 heavy (non-hydrogen) atoms. The predicted molar refractivity (Wildman–Crippen MR) is 116 cm³/mol. The Morgan fingerprint density at radius 1 is 1.10 bits per heavy atom. The van der Waals surface area contributed by atoms with Gasteiger partial charge in [0, 0.05) is 15.5 Å². The first-order valence-corrected chi connectivity index (χ1v) is 10.9. The number of aryl methyl sites for hydroxylation is 2. The van der Waals surface area contributed by atoms with E-state index in [9.17, 15) is 14.4 Å². The predicted octanol–water partition coefficient (Wildman–Crippen LogP) is 4.11. The number of amides is 4. The van der Waals surface area contributed by atoms with Crippen LogP contribution in [-0.4, -0.2) is 34.8 Å². The SMILES string of the molecule is Cc1ccc(Sc2ccc(NC(=O)CN3C(=O)N[C@@](C)(C4CC4)C3=O)cc2)cc1C. The van der Waals surface area contributed by atoms with Crippen LogP contribution in [0, 0.1) is 19.8 Å². The summed E-state index contributed by atoms with van der Waals surface area (Å²) in [6, 6.07) is 13.4. The molecule has 1 aliphatic heterocycles. The lowest BCUT2D eigenvalue weighted by Crippen LogP contribution is -2.46. The Balaban J connectivity index is 1.35. The van der Waals surface area contributed by atoms with E-state index in [0.717, 1.165) is 27.5 Å². The zero-order valence-corrected chi connectivity index (χ0v) is 18.1. The minimum atomic E-state index is -0.870. The highest BCUT2D eigenvalue weighted by molar-refractivity contribution is 7.99. The second-order valence-corrected chi connectivity index (χ2v) is 9.37. The van der Waals surface area contributed by atoms with E-state index >= 15 is 0 Å². The molecule has 156 valence electrons. The second-order valence-electron chi connectivity index (χ2n) is 8.22. The van der Waals surface area contributed by atoms with Gasteiger partial charge in [0.05, 0.1) is 0 Å². The van der Waals surface area contributed by atoms with Crippen molar-refractivity contribution in [2.45, 2.75) is 48.9 Å². The van der Waals surface area contributed by atoms with Gasteiger partial charge in [-0.05, 0) is 87.1 Å². The van der Waals surface area contributed by atoms with Gasteiger partial charge in [-0.25, -0.2) is 4.79 Å². The molecular weight excluding hydrogens is 398 g/mol. The summed E-state index contributed by atoms with van der Waals surface area (Å²) in [5.41, 5.74) is 2.27. The molecule has 1 saturated heterocycles. The molecule has 4 rings (SSSR count). The van der Waals surface area contributed by atoms with Gasteiger partial charge in [-0.1, -0.05) is 17.8 Å². The maximum atomic E-state index is 12.6. The lowest BCUT2D eigenvalue weighted by molar-refractivity contribution is -0.134. The maximum absolute atomic E-state index is 12.6. The average molecular weight is 424 g/mol. The summed E-state index contributed by atoms with van der Waals surface area (Å²) in [6.45, 7) is 5.64. The highest BCUT2D eigenvalue weighted by atomic mass is 32.2. The Kier molecular flexibility index (Phi) is 5.32. The van der Waals surface area contributed by atoms with Gasteiger partial charge in [0.25, 0.3) is 5.91 Å². The average Bonchev–Trinajstić information content (AvgIpc) is 3.52. The molecule has 1 atom stereocenters. The van der Waals surface area contributed by atoms with Crippen LogP contribution >= 0.6 is 11.8 Å². The number of carbonyl (C=O) groups is 3. The molecule has 1 saturated carbocycles. The van der Waals surface area contributed by atoms with Crippen molar-refractivity contribution < 1.29 is 14.4 Å². The number of anilines is 1. The van der Waals surface area contributed by atoms with Crippen LogP contribution in [0.5, 0.6) is 0 Å². The van der Waals surface area contributed by atoms with Crippen LogP contribution in [0.4, 0.5) is 10.5 Å². The number of nitrogens with zero attached hydrogens (tertiary/aromatic N) is 1. The molecule has 1 aliphatic carbocycles. The zero-order chi connectivity index (χ0) is 21.5. The molecule has 2 aliphatic rings. The molecule has 0 aromatic heterocycles. The Morgan fingerprint density at radius 3 is 2.40 bits per heavy atom. The standard InChI is InChI=1S/C23H25N3O3S/c1-14-4-9-19(12-15(14)2)30-18-10-7-17(8-11-18)24-20(27)13-26-21(28)23(3,16-5-6-16)25-22(26)29/h4,7-12,16H,5-6,13H2,1-3H3,(H,24,27)(H,25,29)/t23-/m0/s1. The minimum absolute atomic E-state index is 0.171. The van der Waals surface area contributed by atoms with Gasteiger partial charge >= 0.3 is 6.03 Å². The van der Waals surface area contributed by atoms with Crippen LogP contribution in [0.1, 0.15) is 30.9 Å². The summed E-state index contributed by atoms with van der Waals surface area (Å²) < 4.78 is 0. The molecule has 2 aromatic rings. The van der Waals surface area contributed by atoms with Crippen LogP contribution in [0.3, 0.4) is 0 Å². The van der Waals surface area contributed by atoms with Gasteiger partial charge in [0.2, 0.25) is 5.91 Å². The van der Waals surface area contributed by atoms with Crippen molar-refractivity contribution in [1.29, 1.82) is 0 Å². The summed E-state index contributed by atoms with van der Waals surface area (Å²) in [7, 11) is 0. The first-order valence-electron chi connectivity index (χ1n) is 10.1. The monoisotopic (exact) mass is 423 g/mol. The third kappa shape index (κ3) is 4.07. The van der Waals surface area contributed by atoms with Crippen LogP contribution in [0.15, 0.2) is 52.3 Å². The van der Waals surface area contributed by atoms with Crippen LogP contribution in [0.25, 0.3) is 0 Å². The number of imide groups is 1. The highest BCUT2D eigenvalue weighted by Gasteiger charge is 2.56. The topological polar surface area (TPSA) is 78.5 Å². The van der Waals surface area contributed by atoms with Crippen LogP contribution in [-0.2, 0) is 9.59 Å². The van der Waals surface area contributed by atoms with Crippen molar-refractivity contribution in [3.05, 3.63) is 53.6 Å². The van der Waals surface area contributed by atoms with Crippen molar-refractivity contribution in [3.8, 4) is 0 Å². The molecule has 0 radical (unpaired) electrons. The fraction of sp³-hybridized carbons (Fsp3) is 0.348. The van der Waals surface area contributed by atoms with Gasteiger partial charge < -0.3 is 10.6 Å². The Bertz CT molecular complexity index is 1020. The van der Waals surface area contributed by atoms with E-state index in [1.165, 1.54) is 11.1 Å². The summed E-state index contributed by atoms with van der Waals surface area (Å²) in [4.78, 5) is 40.5. The maximum Gasteiger partial charge on any atom is 0.325 e. The molecule has 0 spiro atoms. The number of urea groups is 1. The largest absolute Gasteiger partial charge is 0.325 e. The Hall–Kier alpha value is -2.80. The van der Waals surface area contributed by atoms with Gasteiger partial charge in [0.1, 0.15) is 12.1 Å². The number of rotatable bonds is 6. The smallest absolute Gasteiger partial charge is 0.325 e. The normalized spacial score (nSPS) is 21.0. The highest BCUT2D eigenvalue weighted by Crippen LogP contribution is 2.42. The van der Waals surface area contributed by atoms with Crippen LogP contribution < -0.4 is 10.6 Å². The molecule has 6 nitrogen and oxygen atoms in total. The third-order valence-electron chi connectivity index (χ3n) is 5.85. The number of hydrogen-bond donors (Lipinski definition) is 2. The van der Waals surface area contributed by atoms with Gasteiger partial charge in [0.15, 0.2) is 0 Å². The van der Waals surface area contributed by atoms with Crippen molar-refractivity contribution in [3.63, 3.8) is 0 Å².